The van der Waals surface area contributed by atoms with Crippen LogP contribution in [0.3, 0.4) is 0 Å². The first-order chi connectivity index (χ1) is 37.4. The molecule has 0 saturated carbocycles. The van der Waals surface area contributed by atoms with E-state index in [9.17, 15) is 48.6 Å². The van der Waals surface area contributed by atoms with E-state index in [4.69, 9.17) is 46.1 Å². The monoisotopic (exact) mass is 1110 g/mol. The molecule has 0 saturated heterocycles. The van der Waals surface area contributed by atoms with E-state index in [2.05, 4.69) is 41.9 Å². The van der Waals surface area contributed by atoms with E-state index < -0.39 is 107 Å². The molecule has 16 N–H and O–H groups in total. The van der Waals surface area contributed by atoms with E-state index in [1.807, 2.05) is 0 Å². The lowest BCUT2D eigenvalue weighted by Gasteiger charge is -2.27. The zero-order valence-corrected chi connectivity index (χ0v) is 44.3. The van der Waals surface area contributed by atoms with Crippen LogP contribution >= 0.6 is 23.2 Å². The van der Waals surface area contributed by atoms with Crippen molar-refractivity contribution in [2.45, 2.75) is 99.8 Å². The van der Waals surface area contributed by atoms with Gasteiger partial charge in [0, 0.05) is 38.8 Å². The van der Waals surface area contributed by atoms with Crippen LogP contribution in [0.4, 0.5) is 0 Å². The van der Waals surface area contributed by atoms with Crippen LogP contribution in [-0.2, 0) is 64.0 Å². The highest BCUT2D eigenvalue weighted by atomic mass is 35.5. The zero-order valence-electron chi connectivity index (χ0n) is 42.8. The number of rotatable bonds is 33. The van der Waals surface area contributed by atoms with Gasteiger partial charge in [-0.05, 0) is 47.9 Å². The summed E-state index contributed by atoms with van der Waals surface area (Å²) in [6.45, 7) is 0.313. The average molecular weight is 1120 g/mol. The SMILES string of the molecule is NC(N)=NCCCC(NC(=O)C(Cc1ccccc1)NC(=O)C(Cc1ccccc1)NC(=O)C(O)C(O)C(=O)NC(Cc1ccccc1)C(=O)NC(Cc1ccccc1)C(=O)NC(CCCN=C(N)N)C(=O)CCl)C(=O)CCl. The molecule has 8 unspecified atom stereocenters. The van der Waals surface area contributed by atoms with Gasteiger partial charge in [0.2, 0.25) is 23.6 Å². The number of ketones is 2. The van der Waals surface area contributed by atoms with E-state index in [0.717, 1.165) is 0 Å². The Morgan fingerprint density at radius 3 is 0.846 bits per heavy atom. The van der Waals surface area contributed by atoms with Crippen molar-refractivity contribution in [3.05, 3.63) is 144 Å². The maximum absolute atomic E-state index is 14.3. The van der Waals surface area contributed by atoms with Crippen molar-refractivity contribution in [3.8, 4) is 0 Å². The van der Waals surface area contributed by atoms with E-state index in [0.29, 0.717) is 35.1 Å². The smallest absolute Gasteiger partial charge is 0.252 e. The molecule has 22 nitrogen and oxygen atoms in total. The number of carbonyl (C=O) groups is 8. The summed E-state index contributed by atoms with van der Waals surface area (Å²) in [5.41, 5.74) is 24.0. The van der Waals surface area contributed by atoms with Gasteiger partial charge in [0.1, 0.15) is 24.2 Å². The molecule has 4 rings (SSSR count). The van der Waals surface area contributed by atoms with Crippen LogP contribution < -0.4 is 54.8 Å². The Morgan fingerprint density at radius 1 is 0.385 bits per heavy atom. The number of aliphatic hydroxyl groups is 2. The predicted octanol–water partition coefficient (Wildman–Crippen LogP) is -0.689. The largest absolute Gasteiger partial charge is 0.380 e. The van der Waals surface area contributed by atoms with Gasteiger partial charge in [0.15, 0.2) is 35.7 Å². The summed E-state index contributed by atoms with van der Waals surface area (Å²) < 4.78 is 0. The number of nitrogens with two attached hydrogens (primary N) is 4. The third-order valence-electron chi connectivity index (χ3n) is 12.1. The molecular formula is C54H68Cl2N12O10. The molecule has 0 aliphatic carbocycles. The molecule has 0 aliphatic heterocycles. The Hall–Kier alpha value is -7.92. The van der Waals surface area contributed by atoms with Crippen molar-refractivity contribution in [2.24, 2.45) is 32.9 Å². The van der Waals surface area contributed by atoms with Gasteiger partial charge in [-0.25, -0.2) is 0 Å². The molecule has 0 heterocycles. The number of hydrogen-bond acceptors (Lipinski definition) is 12. The Labute approximate surface area is 461 Å². The molecule has 0 spiro atoms. The molecule has 0 fully saturated rings. The van der Waals surface area contributed by atoms with Gasteiger partial charge in [-0.15, -0.1) is 23.2 Å². The molecule has 0 bridgehead atoms. The number of aliphatic hydroxyl groups excluding tert-OH is 2. The van der Waals surface area contributed by atoms with E-state index in [-0.39, 0.29) is 63.5 Å². The maximum atomic E-state index is 14.3. The number of alkyl halides is 2. The number of guanidine groups is 2. The maximum Gasteiger partial charge on any atom is 0.252 e. The van der Waals surface area contributed by atoms with Crippen molar-refractivity contribution in [3.63, 3.8) is 0 Å². The quantitative estimate of drug-likeness (QED) is 0.0122. The summed E-state index contributed by atoms with van der Waals surface area (Å²) >= 11 is 11.8. The number of halogens is 2. The second kappa shape index (κ2) is 33.3. The van der Waals surface area contributed by atoms with Gasteiger partial charge in [-0.1, -0.05) is 121 Å². The fourth-order valence-corrected chi connectivity index (χ4v) is 8.32. The number of hydrogen-bond donors (Lipinski definition) is 12. The number of Topliss-reactive ketones (excluding diaryl/α,β-unsaturated/α-hetero) is 2. The number of benzene rings is 4. The van der Waals surface area contributed by atoms with E-state index in [1.165, 1.54) is 0 Å². The summed E-state index contributed by atoms with van der Waals surface area (Å²) in [7, 11) is 0. The lowest BCUT2D eigenvalue weighted by atomic mass is 10.0. The highest BCUT2D eigenvalue weighted by Gasteiger charge is 2.37. The number of nitrogens with one attached hydrogen (secondary N) is 6. The summed E-state index contributed by atoms with van der Waals surface area (Å²) in [6, 6.07) is 26.1. The van der Waals surface area contributed by atoms with Crippen LogP contribution in [0, 0.1) is 0 Å². The molecule has 6 amide bonds. The fraction of sp³-hybridized carbons (Fsp3) is 0.370. The average Bonchev–Trinajstić information content (AvgIpc) is 3.43. The van der Waals surface area contributed by atoms with Crippen LogP contribution in [0.1, 0.15) is 47.9 Å². The van der Waals surface area contributed by atoms with Crippen LogP contribution in [0.2, 0.25) is 0 Å². The third kappa shape index (κ3) is 22.0. The van der Waals surface area contributed by atoms with Crippen molar-refractivity contribution in [1.29, 1.82) is 0 Å². The topological polar surface area (TPSA) is 378 Å². The van der Waals surface area contributed by atoms with Gasteiger partial charge >= 0.3 is 0 Å². The normalized spacial score (nSPS) is 13.9. The lowest BCUT2D eigenvalue weighted by molar-refractivity contribution is -0.148. The van der Waals surface area contributed by atoms with E-state index in [1.54, 1.807) is 121 Å². The Bertz CT molecular complexity index is 2470. The van der Waals surface area contributed by atoms with Crippen LogP contribution in [0.25, 0.3) is 0 Å². The van der Waals surface area contributed by atoms with Crippen molar-refractivity contribution >= 4 is 82.1 Å². The standard InChI is InChI=1S/C54H68Cl2N12O10/c55-31-43(69)37(23-13-25-61-53(57)58)63-47(73)39(27-33-15-5-1-6-16-33)65-49(75)41(29-35-19-9-3-10-20-35)67-51(77)45(71)46(72)52(78)68-42(30-36-21-11-4-12-22-36)50(76)66-40(28-34-17-7-2-8-18-34)48(74)64-38(44(70)32-56)24-14-26-62-54(59)60/h1-12,15-22,37-42,45-46,71-72H,13-14,23-32H2,(H,63,73)(H,64,74)(H,65,75)(H,66,76)(H,67,77)(H,68,78)(H4,57,58,61)(H4,59,60,62). The molecule has 24 heteroatoms. The molecule has 78 heavy (non-hydrogen) atoms. The Morgan fingerprint density at radius 2 is 0.615 bits per heavy atom. The minimum Gasteiger partial charge on any atom is -0.380 e. The van der Waals surface area contributed by atoms with Crippen LogP contribution in [0.15, 0.2) is 131 Å². The van der Waals surface area contributed by atoms with Crippen LogP contribution in [-0.4, -0.2) is 142 Å². The minimum absolute atomic E-state index is 0.0762. The molecule has 4 aromatic carbocycles. The molecule has 0 aromatic heterocycles. The fourth-order valence-electron chi connectivity index (χ4n) is 7.95. The molecule has 4 aromatic rings. The molecule has 0 aliphatic rings. The van der Waals surface area contributed by atoms with Gasteiger partial charge < -0.3 is 65.0 Å². The number of carbonyl (C=O) groups excluding carboxylic acids is 8. The second-order valence-electron chi connectivity index (χ2n) is 18.1. The zero-order chi connectivity index (χ0) is 57.0. The third-order valence-corrected chi connectivity index (χ3v) is 12.6. The van der Waals surface area contributed by atoms with E-state index >= 15 is 0 Å². The minimum atomic E-state index is -2.54. The first kappa shape index (κ1) is 62.6. The highest BCUT2D eigenvalue weighted by Crippen LogP contribution is 2.13. The van der Waals surface area contributed by atoms with Crippen molar-refractivity contribution < 1.29 is 48.6 Å². The van der Waals surface area contributed by atoms with Gasteiger partial charge in [-0.3, -0.25) is 48.3 Å². The highest BCUT2D eigenvalue weighted by molar-refractivity contribution is 6.29. The molecule has 8 atom stereocenters. The summed E-state index contributed by atoms with van der Waals surface area (Å²) in [4.78, 5) is 118. The first-order valence-corrected chi connectivity index (χ1v) is 26.1. The molecule has 418 valence electrons. The number of aliphatic imine (C=N–C) groups is 2. The summed E-state index contributed by atoms with van der Waals surface area (Å²) in [6.07, 6.45) is -4.86. The lowest BCUT2D eigenvalue weighted by Crippen LogP contribution is -2.60. The van der Waals surface area contributed by atoms with Gasteiger partial charge in [-0.2, -0.15) is 0 Å². The Balaban J connectivity index is 1.58. The molecule has 0 radical (unpaired) electrons. The second-order valence-corrected chi connectivity index (χ2v) is 18.6. The van der Waals surface area contributed by atoms with Crippen LogP contribution in [0.5, 0.6) is 0 Å². The Kier molecular flexibility index (Phi) is 26.7. The predicted molar refractivity (Wildman–Crippen MR) is 295 cm³/mol. The number of nitrogens with zero attached hydrogens (tertiary/aromatic N) is 2. The van der Waals surface area contributed by atoms with Gasteiger partial charge in [0.05, 0.1) is 23.8 Å². The number of amides is 6. The summed E-state index contributed by atoms with van der Waals surface area (Å²) in [5, 5.41) is 38.0. The van der Waals surface area contributed by atoms with Crippen molar-refractivity contribution in [2.75, 3.05) is 24.8 Å². The van der Waals surface area contributed by atoms with Gasteiger partial charge in [0.25, 0.3) is 11.8 Å². The van der Waals surface area contributed by atoms with Crippen molar-refractivity contribution in [1.82, 2.24) is 31.9 Å². The summed E-state index contributed by atoms with van der Waals surface area (Å²) in [5.74, 6) is -8.31. The first-order valence-electron chi connectivity index (χ1n) is 25.0. The molecular weight excluding hydrogens is 1050 g/mol.